The first kappa shape index (κ1) is 23.8. The number of hydrogen-bond acceptors (Lipinski definition) is 6. The molecule has 1 aliphatic heterocycles. The van der Waals surface area contributed by atoms with Gasteiger partial charge in [0.2, 0.25) is 0 Å². The molecule has 1 saturated heterocycles. The summed E-state index contributed by atoms with van der Waals surface area (Å²) in [5.41, 5.74) is 0.622. The topological polar surface area (TPSA) is 69.9 Å². The van der Waals surface area contributed by atoms with E-state index in [2.05, 4.69) is 24.4 Å². The Hall–Kier alpha value is -1.51. The van der Waals surface area contributed by atoms with Crippen molar-refractivity contribution in [2.45, 2.75) is 57.8 Å². The minimum Gasteiger partial charge on any atom is -0.508 e. The van der Waals surface area contributed by atoms with Crippen LogP contribution in [0.5, 0.6) is 5.75 Å². The van der Waals surface area contributed by atoms with Crippen LogP contribution < -0.4 is 0 Å². The van der Waals surface area contributed by atoms with E-state index in [0.717, 1.165) is 37.3 Å². The zero-order valence-electron chi connectivity index (χ0n) is 17.0. The average molecular weight is 441 g/mol. The van der Waals surface area contributed by atoms with E-state index in [4.69, 9.17) is 14.9 Å². The molecular formula is C22H29FO4S2. The highest BCUT2D eigenvalue weighted by Gasteiger charge is 2.23. The van der Waals surface area contributed by atoms with Crippen molar-refractivity contribution < 1.29 is 24.4 Å². The SMILES string of the molecule is CCC1CC(O)CC(C)O1.CO.Oc1ccc(Cc2cc3ccsc3s2)c(F)c1. The second-order valence-electron chi connectivity index (χ2n) is 6.93. The Kier molecular flexibility index (Phi) is 9.52. The van der Waals surface area contributed by atoms with Crippen molar-refractivity contribution >= 4 is 32.1 Å². The van der Waals surface area contributed by atoms with Crippen LogP contribution in [0, 0.1) is 5.82 Å². The summed E-state index contributed by atoms with van der Waals surface area (Å²) in [5, 5.41) is 28.7. The highest BCUT2D eigenvalue weighted by molar-refractivity contribution is 7.37. The Bertz CT molecular complexity index is 838. The normalized spacial score (nSPS) is 21.1. The summed E-state index contributed by atoms with van der Waals surface area (Å²) in [6.07, 6.45) is 3.62. The summed E-state index contributed by atoms with van der Waals surface area (Å²) in [6.45, 7) is 4.11. The number of halogens is 1. The van der Waals surface area contributed by atoms with Crippen molar-refractivity contribution in [3.8, 4) is 5.75 Å². The van der Waals surface area contributed by atoms with Crippen molar-refractivity contribution in [3.05, 3.63) is 52.0 Å². The number of phenolic OH excluding ortho intramolecular Hbond substituents is 1. The number of aliphatic hydroxyl groups excluding tert-OH is 2. The van der Waals surface area contributed by atoms with Crippen LogP contribution >= 0.6 is 22.7 Å². The molecule has 1 fully saturated rings. The van der Waals surface area contributed by atoms with Gasteiger partial charge in [-0.1, -0.05) is 13.0 Å². The van der Waals surface area contributed by atoms with Crippen molar-refractivity contribution in [2.75, 3.05) is 7.11 Å². The highest BCUT2D eigenvalue weighted by Crippen LogP contribution is 2.32. The molecule has 0 saturated carbocycles. The lowest BCUT2D eigenvalue weighted by atomic mass is 10.0. The van der Waals surface area contributed by atoms with E-state index in [1.165, 1.54) is 15.5 Å². The Labute approximate surface area is 179 Å². The fourth-order valence-corrected chi connectivity index (χ4v) is 5.44. The lowest BCUT2D eigenvalue weighted by molar-refractivity contribution is -0.0881. The lowest BCUT2D eigenvalue weighted by Gasteiger charge is -2.30. The van der Waals surface area contributed by atoms with Gasteiger partial charge >= 0.3 is 0 Å². The molecule has 0 bridgehead atoms. The van der Waals surface area contributed by atoms with Gasteiger partial charge in [-0.2, -0.15) is 0 Å². The highest BCUT2D eigenvalue weighted by atomic mass is 32.2. The van der Waals surface area contributed by atoms with Gasteiger partial charge in [-0.25, -0.2) is 4.39 Å². The van der Waals surface area contributed by atoms with Crippen LogP contribution in [-0.4, -0.2) is 40.7 Å². The Morgan fingerprint density at radius 2 is 1.93 bits per heavy atom. The number of rotatable bonds is 3. The summed E-state index contributed by atoms with van der Waals surface area (Å²) in [4.78, 5) is 1.15. The standard InChI is InChI=1S/C13H9FOS2.C8H16O2.CH4O/c14-12-7-10(15)2-1-8(12)5-11-6-9-3-4-16-13(9)17-11;1-3-8-5-7(9)4-6(2)10-8;1-2/h1-4,6-7,15H,5H2;6-9H,3-5H2,1-2H3;2H,1H3. The first-order valence-electron chi connectivity index (χ1n) is 9.66. The third kappa shape index (κ3) is 7.04. The Morgan fingerprint density at radius 3 is 2.55 bits per heavy atom. The number of thiophene rings is 2. The van der Waals surface area contributed by atoms with Gasteiger partial charge in [0.15, 0.2) is 0 Å². The molecule has 4 rings (SSSR count). The molecule has 0 radical (unpaired) electrons. The molecule has 4 nitrogen and oxygen atoms in total. The molecule has 160 valence electrons. The van der Waals surface area contributed by atoms with Gasteiger partial charge < -0.3 is 20.1 Å². The minimum absolute atomic E-state index is 0.0292. The van der Waals surface area contributed by atoms with Crippen LogP contribution in [0.4, 0.5) is 4.39 Å². The van der Waals surface area contributed by atoms with Crippen LogP contribution in [0.15, 0.2) is 35.7 Å². The third-order valence-corrected chi connectivity index (χ3v) is 6.83. The summed E-state index contributed by atoms with van der Waals surface area (Å²) in [6, 6.07) is 8.49. The molecular weight excluding hydrogens is 411 g/mol. The van der Waals surface area contributed by atoms with E-state index in [-0.39, 0.29) is 23.8 Å². The van der Waals surface area contributed by atoms with Gasteiger partial charge in [-0.3, -0.25) is 0 Å². The maximum absolute atomic E-state index is 13.6. The molecule has 1 aromatic carbocycles. The number of hydrogen-bond donors (Lipinski definition) is 3. The zero-order valence-corrected chi connectivity index (χ0v) is 18.6. The predicted molar refractivity (Wildman–Crippen MR) is 119 cm³/mol. The maximum Gasteiger partial charge on any atom is 0.130 e. The molecule has 29 heavy (non-hydrogen) atoms. The first-order chi connectivity index (χ1) is 13.9. The molecule has 3 unspecified atom stereocenters. The van der Waals surface area contributed by atoms with Crippen LogP contribution in [0.25, 0.3) is 9.40 Å². The van der Waals surface area contributed by atoms with Crippen LogP contribution in [0.3, 0.4) is 0 Å². The average Bonchev–Trinajstić information content (AvgIpc) is 3.27. The number of ether oxygens (including phenoxy) is 1. The van der Waals surface area contributed by atoms with Crippen molar-refractivity contribution in [1.82, 2.24) is 0 Å². The Morgan fingerprint density at radius 1 is 1.17 bits per heavy atom. The molecule has 3 heterocycles. The summed E-state index contributed by atoms with van der Waals surface area (Å²) in [7, 11) is 1.00. The number of phenols is 1. The van der Waals surface area contributed by atoms with Crippen molar-refractivity contribution in [2.24, 2.45) is 0 Å². The van der Waals surface area contributed by atoms with E-state index < -0.39 is 0 Å². The monoisotopic (exact) mass is 440 g/mol. The predicted octanol–water partition coefficient (Wildman–Crippen LogP) is 5.33. The molecule has 0 spiro atoms. The van der Waals surface area contributed by atoms with Crippen LogP contribution in [0.1, 0.15) is 43.6 Å². The first-order valence-corrected chi connectivity index (χ1v) is 11.4. The van der Waals surface area contributed by atoms with E-state index in [9.17, 15) is 9.50 Å². The second kappa shape index (κ2) is 11.6. The van der Waals surface area contributed by atoms with E-state index >= 15 is 0 Å². The van der Waals surface area contributed by atoms with Crippen molar-refractivity contribution in [1.29, 1.82) is 0 Å². The van der Waals surface area contributed by atoms with Gasteiger partial charge in [0.05, 0.1) is 22.3 Å². The second-order valence-corrected chi connectivity index (χ2v) is 9.24. The van der Waals surface area contributed by atoms with E-state index in [1.807, 2.05) is 6.92 Å². The molecule has 2 aromatic heterocycles. The maximum atomic E-state index is 13.6. The minimum atomic E-state index is -0.346. The summed E-state index contributed by atoms with van der Waals surface area (Å²) in [5.74, 6) is -0.375. The molecule has 0 aliphatic carbocycles. The number of benzene rings is 1. The van der Waals surface area contributed by atoms with Gasteiger partial charge in [0, 0.05) is 29.9 Å². The van der Waals surface area contributed by atoms with Crippen molar-refractivity contribution in [3.63, 3.8) is 0 Å². The smallest absolute Gasteiger partial charge is 0.130 e. The largest absolute Gasteiger partial charge is 0.508 e. The summed E-state index contributed by atoms with van der Waals surface area (Å²) < 4.78 is 20.4. The van der Waals surface area contributed by atoms with Gasteiger partial charge in [0.1, 0.15) is 11.6 Å². The lowest BCUT2D eigenvalue weighted by Crippen LogP contribution is -2.33. The zero-order chi connectivity index (χ0) is 21.4. The Balaban J connectivity index is 0.000000215. The fourth-order valence-electron chi connectivity index (χ4n) is 3.26. The third-order valence-electron chi connectivity index (χ3n) is 4.62. The quantitative estimate of drug-likeness (QED) is 0.515. The van der Waals surface area contributed by atoms with Crippen LogP contribution in [0.2, 0.25) is 0 Å². The molecule has 3 N–H and O–H groups in total. The van der Waals surface area contributed by atoms with Gasteiger partial charge in [-0.05, 0) is 55.3 Å². The van der Waals surface area contributed by atoms with Gasteiger partial charge in [0.25, 0.3) is 0 Å². The van der Waals surface area contributed by atoms with E-state index in [1.54, 1.807) is 28.7 Å². The number of aromatic hydroxyl groups is 1. The molecule has 1 aliphatic rings. The molecule has 3 atom stereocenters. The number of aliphatic hydroxyl groups is 2. The molecule has 3 aromatic rings. The fraction of sp³-hybridized carbons (Fsp3) is 0.455. The van der Waals surface area contributed by atoms with E-state index in [0.29, 0.717) is 18.1 Å². The molecule has 0 amide bonds. The molecule has 7 heteroatoms. The summed E-state index contributed by atoms with van der Waals surface area (Å²) >= 11 is 3.41. The number of fused-ring (bicyclic) bond motifs is 1. The van der Waals surface area contributed by atoms with Crippen LogP contribution in [-0.2, 0) is 11.2 Å². The van der Waals surface area contributed by atoms with Gasteiger partial charge in [-0.15, -0.1) is 22.7 Å².